The van der Waals surface area contributed by atoms with E-state index in [9.17, 15) is 9.59 Å². The number of benzene rings is 1. The van der Waals surface area contributed by atoms with E-state index < -0.39 is 11.8 Å². The van der Waals surface area contributed by atoms with E-state index >= 15 is 0 Å². The quantitative estimate of drug-likeness (QED) is 0.862. The number of aliphatic carboxylic acids is 1. The summed E-state index contributed by atoms with van der Waals surface area (Å²) in [5.74, 6) is -1.45. The van der Waals surface area contributed by atoms with Crippen LogP contribution in [0.4, 0.5) is 0 Å². The summed E-state index contributed by atoms with van der Waals surface area (Å²) in [6, 6.07) is 8.34. The fourth-order valence-electron chi connectivity index (χ4n) is 4.55. The molecular weight excluding hydrogens is 264 g/mol. The molecule has 0 aromatic heterocycles. The van der Waals surface area contributed by atoms with Crippen LogP contribution in [0.5, 0.6) is 0 Å². The number of aryl methyl sites for hydroxylation is 1. The number of fused-ring (bicyclic) bond motifs is 1. The first kappa shape index (κ1) is 14.3. The Bertz CT molecular complexity index is 557. The predicted octanol–water partition coefficient (Wildman–Crippen LogP) is 3.49. The van der Waals surface area contributed by atoms with E-state index in [4.69, 9.17) is 5.11 Å². The van der Waals surface area contributed by atoms with Gasteiger partial charge in [-0.1, -0.05) is 37.1 Å². The van der Waals surface area contributed by atoms with Crippen molar-refractivity contribution in [3.8, 4) is 0 Å². The topological polar surface area (TPSA) is 54.4 Å². The number of carbonyl (C=O) groups is 2. The molecule has 1 fully saturated rings. The largest absolute Gasteiger partial charge is 0.476 e. The maximum absolute atomic E-state index is 12.0. The van der Waals surface area contributed by atoms with E-state index in [1.54, 1.807) is 0 Å². The molecule has 0 bridgehead atoms. The molecule has 2 aliphatic carbocycles. The zero-order valence-electron chi connectivity index (χ0n) is 12.3. The van der Waals surface area contributed by atoms with Gasteiger partial charge in [-0.3, -0.25) is 4.79 Å². The van der Waals surface area contributed by atoms with Crippen LogP contribution in [0.1, 0.15) is 56.1 Å². The van der Waals surface area contributed by atoms with Gasteiger partial charge < -0.3 is 5.11 Å². The number of rotatable bonds is 4. The van der Waals surface area contributed by atoms with Gasteiger partial charge in [-0.25, -0.2) is 4.79 Å². The number of carbonyl (C=O) groups excluding carboxylic acids is 1. The van der Waals surface area contributed by atoms with E-state index in [0.717, 1.165) is 32.1 Å². The fraction of sp³-hybridized carbons (Fsp3) is 0.556. The van der Waals surface area contributed by atoms with Crippen molar-refractivity contribution >= 4 is 11.8 Å². The molecule has 3 rings (SSSR count). The van der Waals surface area contributed by atoms with Crippen LogP contribution in [-0.2, 0) is 21.4 Å². The summed E-state index contributed by atoms with van der Waals surface area (Å²) < 4.78 is 0. The second-order valence-corrected chi connectivity index (χ2v) is 6.55. The Kier molecular flexibility index (Phi) is 3.83. The lowest BCUT2D eigenvalue weighted by molar-refractivity contribution is -0.150. The van der Waals surface area contributed by atoms with Gasteiger partial charge >= 0.3 is 5.97 Å². The van der Waals surface area contributed by atoms with Crippen LogP contribution in [0.15, 0.2) is 24.3 Å². The van der Waals surface area contributed by atoms with Gasteiger partial charge in [0.25, 0.3) is 0 Å². The minimum absolute atomic E-state index is 0.171. The molecule has 0 amide bonds. The van der Waals surface area contributed by atoms with E-state index in [-0.39, 0.29) is 11.8 Å². The number of carboxylic acid groups (broad SMARTS) is 1. The summed E-state index contributed by atoms with van der Waals surface area (Å²) >= 11 is 0. The minimum Gasteiger partial charge on any atom is -0.476 e. The maximum atomic E-state index is 12.0. The van der Waals surface area contributed by atoms with Crippen molar-refractivity contribution in [3.63, 3.8) is 0 Å². The molecule has 112 valence electrons. The molecule has 1 aromatic carbocycles. The van der Waals surface area contributed by atoms with E-state index in [2.05, 4.69) is 12.1 Å². The van der Waals surface area contributed by atoms with Crippen LogP contribution in [0.2, 0.25) is 0 Å². The van der Waals surface area contributed by atoms with Gasteiger partial charge in [-0.05, 0) is 49.1 Å². The molecule has 0 spiro atoms. The van der Waals surface area contributed by atoms with Crippen molar-refractivity contribution in [1.29, 1.82) is 0 Å². The van der Waals surface area contributed by atoms with Crippen LogP contribution in [-0.4, -0.2) is 16.9 Å². The Morgan fingerprint density at radius 1 is 1.14 bits per heavy atom. The van der Waals surface area contributed by atoms with Crippen LogP contribution in [0.25, 0.3) is 0 Å². The van der Waals surface area contributed by atoms with Crippen molar-refractivity contribution in [2.24, 2.45) is 5.92 Å². The predicted molar refractivity (Wildman–Crippen MR) is 80.3 cm³/mol. The van der Waals surface area contributed by atoms with Gasteiger partial charge in [0.2, 0.25) is 5.78 Å². The van der Waals surface area contributed by atoms with Crippen molar-refractivity contribution in [3.05, 3.63) is 35.4 Å². The smallest absolute Gasteiger partial charge is 0.372 e. The third-order valence-electron chi connectivity index (χ3n) is 5.47. The first-order chi connectivity index (χ1) is 10.1. The van der Waals surface area contributed by atoms with Crippen molar-refractivity contribution in [2.45, 2.75) is 56.8 Å². The zero-order chi connectivity index (χ0) is 14.9. The molecule has 0 aliphatic heterocycles. The summed E-state index contributed by atoms with van der Waals surface area (Å²) in [6.45, 7) is 0. The first-order valence-electron chi connectivity index (χ1n) is 7.98. The maximum Gasteiger partial charge on any atom is 0.372 e. The summed E-state index contributed by atoms with van der Waals surface area (Å²) in [4.78, 5) is 23.1. The van der Waals surface area contributed by atoms with Gasteiger partial charge in [-0.2, -0.15) is 0 Å². The Balaban J connectivity index is 2.04. The Morgan fingerprint density at radius 2 is 1.86 bits per heavy atom. The van der Waals surface area contributed by atoms with Crippen molar-refractivity contribution in [1.82, 2.24) is 0 Å². The highest BCUT2D eigenvalue weighted by Crippen LogP contribution is 2.51. The van der Waals surface area contributed by atoms with Crippen molar-refractivity contribution < 1.29 is 14.7 Å². The Morgan fingerprint density at radius 3 is 2.57 bits per heavy atom. The minimum atomic E-state index is -1.28. The first-order valence-corrected chi connectivity index (χ1v) is 7.98. The molecule has 1 aromatic rings. The van der Waals surface area contributed by atoms with Gasteiger partial charge in [0.05, 0.1) is 0 Å². The van der Waals surface area contributed by atoms with Crippen LogP contribution < -0.4 is 0 Å². The number of ketones is 1. The number of carboxylic acids is 1. The highest BCUT2D eigenvalue weighted by Gasteiger charge is 2.46. The molecule has 1 unspecified atom stereocenters. The SMILES string of the molecule is O=C(O)C(=O)CC1(C2CCCC2)CCCc2ccccc21. The number of hydrogen-bond donors (Lipinski definition) is 1. The van der Waals surface area contributed by atoms with E-state index in [0.29, 0.717) is 5.92 Å². The monoisotopic (exact) mass is 286 g/mol. The van der Waals surface area contributed by atoms with Crippen LogP contribution in [0.3, 0.4) is 0 Å². The highest BCUT2D eigenvalue weighted by atomic mass is 16.4. The number of hydrogen-bond acceptors (Lipinski definition) is 2. The number of Topliss-reactive ketones (excluding diaryl/α,β-unsaturated/α-hetero) is 1. The summed E-state index contributed by atoms with van der Waals surface area (Å²) in [7, 11) is 0. The van der Waals surface area contributed by atoms with Crippen LogP contribution >= 0.6 is 0 Å². The molecule has 1 N–H and O–H groups in total. The molecule has 3 nitrogen and oxygen atoms in total. The van der Waals surface area contributed by atoms with Gasteiger partial charge in [0.1, 0.15) is 0 Å². The van der Waals surface area contributed by atoms with Gasteiger partial charge in [0.15, 0.2) is 0 Å². The second kappa shape index (κ2) is 5.63. The molecule has 1 saturated carbocycles. The third kappa shape index (κ3) is 2.50. The molecular formula is C18H22O3. The lowest BCUT2D eigenvalue weighted by Crippen LogP contribution is -2.41. The van der Waals surface area contributed by atoms with Crippen LogP contribution in [0, 0.1) is 5.92 Å². The van der Waals surface area contributed by atoms with Gasteiger partial charge in [-0.15, -0.1) is 0 Å². The van der Waals surface area contributed by atoms with E-state index in [1.807, 2.05) is 12.1 Å². The van der Waals surface area contributed by atoms with Crippen molar-refractivity contribution in [2.75, 3.05) is 0 Å². The lowest BCUT2D eigenvalue weighted by Gasteiger charge is -2.43. The third-order valence-corrected chi connectivity index (χ3v) is 5.47. The summed E-state index contributed by atoms with van der Waals surface area (Å²) in [5, 5.41) is 9.07. The zero-order valence-corrected chi connectivity index (χ0v) is 12.3. The van der Waals surface area contributed by atoms with E-state index in [1.165, 1.54) is 24.0 Å². The summed E-state index contributed by atoms with van der Waals surface area (Å²) in [6.07, 6.45) is 7.89. The standard InChI is InChI=1S/C18H22O3/c19-16(17(20)21)12-18(14-8-2-3-9-14)11-5-7-13-6-1-4-10-15(13)18/h1,4,6,10,14H,2-3,5,7-9,11-12H2,(H,20,21). The van der Waals surface area contributed by atoms with Gasteiger partial charge in [0, 0.05) is 11.8 Å². The molecule has 2 aliphatic rings. The lowest BCUT2D eigenvalue weighted by atomic mass is 9.60. The normalized spacial score (nSPS) is 25.5. The molecule has 0 heterocycles. The molecule has 21 heavy (non-hydrogen) atoms. The molecule has 1 atom stereocenters. The second-order valence-electron chi connectivity index (χ2n) is 6.55. The average molecular weight is 286 g/mol. The molecule has 3 heteroatoms. The Labute approximate surface area is 125 Å². The summed E-state index contributed by atoms with van der Waals surface area (Å²) in [5.41, 5.74) is 2.33. The average Bonchev–Trinajstić information content (AvgIpc) is 3.02. The molecule has 0 saturated heterocycles. The molecule has 0 radical (unpaired) electrons. The Hall–Kier alpha value is -1.64. The fourth-order valence-corrected chi connectivity index (χ4v) is 4.55. The highest BCUT2D eigenvalue weighted by molar-refractivity contribution is 6.32.